The Morgan fingerprint density at radius 1 is 0.958 bits per heavy atom. The molecule has 128 valence electrons. The summed E-state index contributed by atoms with van der Waals surface area (Å²) >= 11 is 0. The van der Waals surface area contributed by atoms with Crippen LogP contribution in [0.15, 0.2) is 48.8 Å². The number of piperazine rings is 1. The van der Waals surface area contributed by atoms with Crippen LogP contribution in [0, 0.1) is 5.92 Å². The first-order chi connectivity index (χ1) is 11.7. The van der Waals surface area contributed by atoms with E-state index in [4.69, 9.17) is 0 Å². The van der Waals surface area contributed by atoms with Crippen molar-refractivity contribution < 1.29 is 0 Å². The van der Waals surface area contributed by atoms with E-state index < -0.39 is 0 Å². The average molecular weight is 324 g/mol. The molecule has 1 fully saturated rings. The van der Waals surface area contributed by atoms with Crippen LogP contribution in [0.2, 0.25) is 0 Å². The Bertz CT molecular complexity index is 601. The van der Waals surface area contributed by atoms with E-state index in [2.05, 4.69) is 58.2 Å². The SMILES string of the molecule is CC(C)CN1CCN(c2ccc(NCc3ccncc3)cc2)CC1. The summed E-state index contributed by atoms with van der Waals surface area (Å²) in [6, 6.07) is 12.9. The molecule has 1 N–H and O–H groups in total. The van der Waals surface area contributed by atoms with Crippen LogP contribution < -0.4 is 10.2 Å². The first-order valence-corrected chi connectivity index (χ1v) is 8.91. The van der Waals surface area contributed by atoms with Gasteiger partial charge in [-0.1, -0.05) is 13.8 Å². The first-order valence-electron chi connectivity index (χ1n) is 8.91. The number of hydrogen-bond acceptors (Lipinski definition) is 4. The van der Waals surface area contributed by atoms with Gasteiger partial charge in [-0.2, -0.15) is 0 Å². The summed E-state index contributed by atoms with van der Waals surface area (Å²) in [5.74, 6) is 0.752. The summed E-state index contributed by atoms with van der Waals surface area (Å²) in [5.41, 5.74) is 3.73. The molecule has 0 spiro atoms. The van der Waals surface area contributed by atoms with Crippen molar-refractivity contribution in [3.05, 3.63) is 54.4 Å². The number of hydrogen-bond donors (Lipinski definition) is 1. The number of benzene rings is 1. The lowest BCUT2D eigenvalue weighted by molar-refractivity contribution is 0.231. The highest BCUT2D eigenvalue weighted by Gasteiger charge is 2.17. The third kappa shape index (κ3) is 4.71. The summed E-state index contributed by atoms with van der Waals surface area (Å²) in [6.07, 6.45) is 3.66. The van der Waals surface area contributed by atoms with Crippen LogP contribution in [0.25, 0.3) is 0 Å². The van der Waals surface area contributed by atoms with Crippen LogP contribution in [-0.4, -0.2) is 42.6 Å². The van der Waals surface area contributed by atoms with E-state index in [0.717, 1.165) is 31.2 Å². The molecule has 2 heterocycles. The van der Waals surface area contributed by atoms with Crippen LogP contribution in [0.1, 0.15) is 19.4 Å². The summed E-state index contributed by atoms with van der Waals surface area (Å²) in [6.45, 7) is 11.2. The summed E-state index contributed by atoms with van der Waals surface area (Å²) < 4.78 is 0. The number of aromatic nitrogens is 1. The summed E-state index contributed by atoms with van der Waals surface area (Å²) in [5, 5.41) is 3.47. The predicted molar refractivity (Wildman–Crippen MR) is 101 cm³/mol. The predicted octanol–water partition coefficient (Wildman–Crippen LogP) is 3.47. The zero-order chi connectivity index (χ0) is 16.8. The maximum absolute atomic E-state index is 4.05. The number of rotatable bonds is 6. The molecule has 0 saturated carbocycles. The van der Waals surface area contributed by atoms with Gasteiger partial charge in [-0.05, 0) is 47.9 Å². The minimum Gasteiger partial charge on any atom is -0.381 e. The number of anilines is 2. The molecule has 2 aromatic rings. The van der Waals surface area contributed by atoms with Gasteiger partial charge in [0.2, 0.25) is 0 Å². The van der Waals surface area contributed by atoms with Crippen molar-refractivity contribution >= 4 is 11.4 Å². The van der Waals surface area contributed by atoms with Crippen LogP contribution in [-0.2, 0) is 6.54 Å². The number of pyridine rings is 1. The van der Waals surface area contributed by atoms with E-state index in [0.29, 0.717) is 0 Å². The smallest absolute Gasteiger partial charge is 0.0401 e. The maximum atomic E-state index is 4.05. The van der Waals surface area contributed by atoms with Gasteiger partial charge in [0.05, 0.1) is 0 Å². The molecular weight excluding hydrogens is 296 g/mol. The Labute approximate surface area is 145 Å². The van der Waals surface area contributed by atoms with Crippen molar-refractivity contribution in [2.75, 3.05) is 42.9 Å². The van der Waals surface area contributed by atoms with Gasteiger partial charge in [-0.15, -0.1) is 0 Å². The minimum absolute atomic E-state index is 0.752. The molecule has 24 heavy (non-hydrogen) atoms. The molecule has 0 atom stereocenters. The van der Waals surface area contributed by atoms with Crippen LogP contribution in [0.5, 0.6) is 0 Å². The Morgan fingerprint density at radius 2 is 1.62 bits per heavy atom. The largest absolute Gasteiger partial charge is 0.381 e. The molecule has 0 aliphatic carbocycles. The van der Waals surface area contributed by atoms with Crippen LogP contribution >= 0.6 is 0 Å². The topological polar surface area (TPSA) is 31.4 Å². The Morgan fingerprint density at radius 3 is 2.25 bits per heavy atom. The zero-order valence-electron chi connectivity index (χ0n) is 14.8. The van der Waals surface area contributed by atoms with Gasteiger partial charge in [0.1, 0.15) is 0 Å². The first kappa shape index (κ1) is 16.8. The van der Waals surface area contributed by atoms with Crippen LogP contribution in [0.3, 0.4) is 0 Å². The van der Waals surface area contributed by atoms with Crippen molar-refractivity contribution in [3.63, 3.8) is 0 Å². The van der Waals surface area contributed by atoms with Gasteiger partial charge >= 0.3 is 0 Å². The van der Waals surface area contributed by atoms with E-state index in [1.54, 1.807) is 0 Å². The average Bonchev–Trinajstić information content (AvgIpc) is 2.62. The third-order valence-corrected chi connectivity index (χ3v) is 4.47. The maximum Gasteiger partial charge on any atom is 0.0401 e. The molecule has 0 amide bonds. The van der Waals surface area contributed by atoms with Gasteiger partial charge in [0.25, 0.3) is 0 Å². The Balaban J connectivity index is 1.50. The van der Waals surface area contributed by atoms with E-state index in [9.17, 15) is 0 Å². The van der Waals surface area contributed by atoms with Crippen molar-refractivity contribution in [2.45, 2.75) is 20.4 Å². The molecule has 3 rings (SSSR count). The normalized spacial score (nSPS) is 15.7. The zero-order valence-corrected chi connectivity index (χ0v) is 14.8. The highest BCUT2D eigenvalue weighted by atomic mass is 15.3. The van der Waals surface area contributed by atoms with Gasteiger partial charge in [-0.25, -0.2) is 0 Å². The van der Waals surface area contributed by atoms with E-state index in [-0.39, 0.29) is 0 Å². The standard InChI is InChI=1S/C20H28N4/c1-17(2)16-23-11-13-24(14-12-23)20-5-3-19(4-6-20)22-15-18-7-9-21-10-8-18/h3-10,17,22H,11-16H2,1-2H3. The highest BCUT2D eigenvalue weighted by Crippen LogP contribution is 2.20. The lowest BCUT2D eigenvalue weighted by Crippen LogP contribution is -2.47. The summed E-state index contributed by atoms with van der Waals surface area (Å²) in [4.78, 5) is 9.11. The molecule has 0 unspecified atom stereocenters. The number of nitrogens with zero attached hydrogens (tertiary/aromatic N) is 3. The van der Waals surface area contributed by atoms with Gasteiger partial charge in [0, 0.05) is 63.0 Å². The molecular formula is C20H28N4. The second-order valence-electron chi connectivity index (χ2n) is 6.94. The van der Waals surface area contributed by atoms with E-state index in [1.165, 1.54) is 30.9 Å². The molecule has 1 aromatic heterocycles. The highest BCUT2D eigenvalue weighted by molar-refractivity contribution is 5.55. The Kier molecular flexibility index (Phi) is 5.70. The van der Waals surface area contributed by atoms with Gasteiger partial charge in [0.15, 0.2) is 0 Å². The van der Waals surface area contributed by atoms with E-state index in [1.807, 2.05) is 24.5 Å². The van der Waals surface area contributed by atoms with Crippen molar-refractivity contribution in [1.82, 2.24) is 9.88 Å². The summed E-state index contributed by atoms with van der Waals surface area (Å²) in [7, 11) is 0. The molecule has 1 aromatic carbocycles. The minimum atomic E-state index is 0.752. The fourth-order valence-corrected chi connectivity index (χ4v) is 3.20. The third-order valence-electron chi connectivity index (χ3n) is 4.47. The number of nitrogens with one attached hydrogen (secondary N) is 1. The van der Waals surface area contributed by atoms with Crippen LogP contribution in [0.4, 0.5) is 11.4 Å². The van der Waals surface area contributed by atoms with Crippen molar-refractivity contribution in [2.24, 2.45) is 5.92 Å². The second kappa shape index (κ2) is 8.15. The van der Waals surface area contributed by atoms with E-state index >= 15 is 0 Å². The quantitative estimate of drug-likeness (QED) is 0.881. The van der Waals surface area contributed by atoms with Gasteiger partial charge < -0.3 is 10.2 Å². The monoisotopic (exact) mass is 324 g/mol. The van der Waals surface area contributed by atoms with Gasteiger partial charge in [-0.3, -0.25) is 9.88 Å². The van der Waals surface area contributed by atoms with Crippen molar-refractivity contribution in [3.8, 4) is 0 Å². The second-order valence-corrected chi connectivity index (χ2v) is 6.94. The lowest BCUT2D eigenvalue weighted by Gasteiger charge is -2.36. The molecule has 4 nitrogen and oxygen atoms in total. The molecule has 1 aliphatic heterocycles. The Hall–Kier alpha value is -2.07. The molecule has 1 saturated heterocycles. The lowest BCUT2D eigenvalue weighted by atomic mass is 10.1. The fraction of sp³-hybridized carbons (Fsp3) is 0.450. The molecule has 0 radical (unpaired) electrons. The van der Waals surface area contributed by atoms with Crippen molar-refractivity contribution in [1.29, 1.82) is 0 Å². The molecule has 0 bridgehead atoms. The molecule has 1 aliphatic rings. The molecule has 4 heteroatoms. The fourth-order valence-electron chi connectivity index (χ4n) is 3.20.